The number of rotatable bonds is 3. The highest BCUT2D eigenvalue weighted by molar-refractivity contribution is 4.99. The first-order chi connectivity index (χ1) is 7.92. The van der Waals surface area contributed by atoms with Gasteiger partial charge in [0.05, 0.1) is 12.0 Å². The van der Waals surface area contributed by atoms with Gasteiger partial charge in [0.1, 0.15) is 0 Å². The van der Waals surface area contributed by atoms with Gasteiger partial charge in [-0.15, -0.1) is 0 Å². The zero-order valence-corrected chi connectivity index (χ0v) is 9.32. The number of aromatic nitrogens is 2. The van der Waals surface area contributed by atoms with Gasteiger partial charge >= 0.3 is 0 Å². The Morgan fingerprint density at radius 1 is 1.38 bits per heavy atom. The van der Waals surface area contributed by atoms with Gasteiger partial charge in [0, 0.05) is 19.6 Å². The Hall–Kier alpha value is -0.940. The zero-order chi connectivity index (χ0) is 10.8. The maximum Gasteiger partial charge on any atom is 0.231 e. The van der Waals surface area contributed by atoms with Crippen LogP contribution >= 0.6 is 0 Å². The van der Waals surface area contributed by atoms with Crippen molar-refractivity contribution in [1.29, 1.82) is 0 Å². The molecule has 88 valence electrons. The van der Waals surface area contributed by atoms with E-state index in [0.717, 1.165) is 57.1 Å². The summed E-state index contributed by atoms with van der Waals surface area (Å²) in [6, 6.07) is 0. The normalized spacial score (nSPS) is 30.0. The second kappa shape index (κ2) is 4.51. The van der Waals surface area contributed by atoms with Crippen LogP contribution in [-0.2, 0) is 11.2 Å². The van der Waals surface area contributed by atoms with Crippen molar-refractivity contribution < 1.29 is 9.26 Å². The molecule has 2 saturated heterocycles. The van der Waals surface area contributed by atoms with E-state index in [1.54, 1.807) is 0 Å². The Morgan fingerprint density at radius 2 is 2.38 bits per heavy atom. The summed E-state index contributed by atoms with van der Waals surface area (Å²) in [4.78, 5) is 4.46. The van der Waals surface area contributed by atoms with E-state index in [9.17, 15) is 0 Å². The van der Waals surface area contributed by atoms with Crippen LogP contribution in [0.25, 0.3) is 0 Å². The van der Waals surface area contributed by atoms with Crippen molar-refractivity contribution >= 4 is 0 Å². The summed E-state index contributed by atoms with van der Waals surface area (Å²) < 4.78 is 10.9. The Bertz CT molecular complexity index is 341. The van der Waals surface area contributed by atoms with Crippen LogP contribution < -0.4 is 5.32 Å². The topological polar surface area (TPSA) is 60.2 Å². The SMILES string of the molecule is C1COC(Cc2noc(C3CCNC3)n2)C1. The van der Waals surface area contributed by atoms with Crippen LogP contribution in [0.1, 0.15) is 36.9 Å². The van der Waals surface area contributed by atoms with Gasteiger partial charge < -0.3 is 14.6 Å². The number of nitrogens with zero attached hydrogens (tertiary/aromatic N) is 2. The van der Waals surface area contributed by atoms with Gasteiger partial charge in [-0.3, -0.25) is 0 Å². The summed E-state index contributed by atoms with van der Waals surface area (Å²) in [5.41, 5.74) is 0. The maximum atomic E-state index is 5.56. The molecule has 1 aromatic heterocycles. The van der Waals surface area contributed by atoms with Crippen molar-refractivity contribution in [3.63, 3.8) is 0 Å². The summed E-state index contributed by atoms with van der Waals surface area (Å²) in [5.74, 6) is 2.00. The molecule has 2 atom stereocenters. The highest BCUT2D eigenvalue weighted by Crippen LogP contribution is 2.21. The fourth-order valence-electron chi connectivity index (χ4n) is 2.39. The molecule has 0 amide bonds. The molecule has 2 fully saturated rings. The van der Waals surface area contributed by atoms with E-state index >= 15 is 0 Å². The second-order valence-corrected chi connectivity index (χ2v) is 4.58. The molecule has 1 aromatic rings. The first kappa shape index (κ1) is 10.2. The lowest BCUT2D eigenvalue weighted by Gasteiger charge is -2.04. The minimum atomic E-state index is 0.298. The maximum absolute atomic E-state index is 5.56. The molecule has 0 aliphatic carbocycles. The second-order valence-electron chi connectivity index (χ2n) is 4.58. The predicted octanol–water partition coefficient (Wildman–Crippen LogP) is 0.868. The molecule has 2 aliphatic rings. The quantitative estimate of drug-likeness (QED) is 0.823. The summed E-state index contributed by atoms with van der Waals surface area (Å²) in [7, 11) is 0. The van der Waals surface area contributed by atoms with E-state index in [0.29, 0.717) is 12.0 Å². The molecule has 5 heteroatoms. The summed E-state index contributed by atoms with van der Waals surface area (Å²) in [6.07, 6.45) is 4.47. The molecule has 0 radical (unpaired) electrons. The first-order valence-electron chi connectivity index (χ1n) is 6.06. The summed E-state index contributed by atoms with van der Waals surface area (Å²) in [5, 5.41) is 7.33. The third-order valence-corrected chi connectivity index (χ3v) is 3.33. The van der Waals surface area contributed by atoms with Gasteiger partial charge in [-0.25, -0.2) is 0 Å². The minimum Gasteiger partial charge on any atom is -0.378 e. The summed E-state index contributed by atoms with van der Waals surface area (Å²) in [6.45, 7) is 2.89. The van der Waals surface area contributed by atoms with Crippen LogP contribution in [-0.4, -0.2) is 35.9 Å². The van der Waals surface area contributed by atoms with Crippen molar-refractivity contribution in [2.24, 2.45) is 0 Å². The molecule has 1 N–H and O–H groups in total. The van der Waals surface area contributed by atoms with Gasteiger partial charge in [-0.2, -0.15) is 4.98 Å². The molecule has 0 saturated carbocycles. The van der Waals surface area contributed by atoms with Gasteiger partial charge in [-0.05, 0) is 25.8 Å². The molecule has 2 unspecified atom stereocenters. The monoisotopic (exact) mass is 223 g/mol. The van der Waals surface area contributed by atoms with Crippen molar-refractivity contribution in [2.75, 3.05) is 19.7 Å². The lowest BCUT2D eigenvalue weighted by Crippen LogP contribution is -2.10. The average Bonchev–Trinajstić information content (AvgIpc) is 2.99. The lowest BCUT2D eigenvalue weighted by molar-refractivity contribution is 0.109. The predicted molar refractivity (Wildman–Crippen MR) is 57.2 cm³/mol. The van der Waals surface area contributed by atoms with Crippen LogP contribution in [0.15, 0.2) is 4.52 Å². The fraction of sp³-hybridized carbons (Fsp3) is 0.818. The Balaban J connectivity index is 1.62. The number of ether oxygens (including phenoxy) is 1. The molecule has 5 nitrogen and oxygen atoms in total. The van der Waals surface area contributed by atoms with Crippen molar-refractivity contribution in [1.82, 2.24) is 15.5 Å². The molecule has 0 aromatic carbocycles. The minimum absolute atomic E-state index is 0.298. The van der Waals surface area contributed by atoms with Crippen LogP contribution in [0.3, 0.4) is 0 Å². The van der Waals surface area contributed by atoms with Gasteiger partial charge in [0.25, 0.3) is 0 Å². The molecule has 3 rings (SSSR count). The molecule has 16 heavy (non-hydrogen) atoms. The Kier molecular flexibility index (Phi) is 2.88. The van der Waals surface area contributed by atoms with Crippen molar-refractivity contribution in [2.45, 2.75) is 37.7 Å². The van der Waals surface area contributed by atoms with E-state index in [4.69, 9.17) is 9.26 Å². The highest BCUT2D eigenvalue weighted by Gasteiger charge is 2.24. The molecule has 0 bridgehead atoms. The highest BCUT2D eigenvalue weighted by atomic mass is 16.5. The van der Waals surface area contributed by atoms with Crippen molar-refractivity contribution in [3.05, 3.63) is 11.7 Å². The molecule has 2 aliphatic heterocycles. The summed E-state index contributed by atoms with van der Waals surface area (Å²) >= 11 is 0. The standard InChI is InChI=1S/C11H17N3O2/c1-2-9(15-5-1)6-10-13-11(16-14-10)8-3-4-12-7-8/h8-9,12H,1-7H2. The van der Waals surface area contributed by atoms with Crippen molar-refractivity contribution in [3.8, 4) is 0 Å². The van der Waals surface area contributed by atoms with E-state index in [1.807, 2.05) is 0 Å². The third kappa shape index (κ3) is 2.10. The number of hydrogen-bond acceptors (Lipinski definition) is 5. The average molecular weight is 223 g/mol. The Labute approximate surface area is 94.6 Å². The third-order valence-electron chi connectivity index (χ3n) is 3.33. The fourth-order valence-corrected chi connectivity index (χ4v) is 2.39. The largest absolute Gasteiger partial charge is 0.378 e. The van der Waals surface area contributed by atoms with E-state index in [2.05, 4.69) is 15.5 Å². The smallest absolute Gasteiger partial charge is 0.231 e. The molecular weight excluding hydrogens is 206 g/mol. The number of hydrogen-bond donors (Lipinski definition) is 1. The van der Waals surface area contributed by atoms with Gasteiger partial charge in [-0.1, -0.05) is 5.16 Å². The van der Waals surface area contributed by atoms with Crippen LogP contribution in [0.2, 0.25) is 0 Å². The molecule has 0 spiro atoms. The van der Waals surface area contributed by atoms with Crippen LogP contribution in [0.5, 0.6) is 0 Å². The van der Waals surface area contributed by atoms with Crippen LogP contribution in [0.4, 0.5) is 0 Å². The van der Waals surface area contributed by atoms with Gasteiger partial charge in [0.15, 0.2) is 5.82 Å². The van der Waals surface area contributed by atoms with Gasteiger partial charge in [0.2, 0.25) is 5.89 Å². The van der Waals surface area contributed by atoms with E-state index in [1.165, 1.54) is 0 Å². The van der Waals surface area contributed by atoms with E-state index < -0.39 is 0 Å². The molecular formula is C11H17N3O2. The molecule has 3 heterocycles. The lowest BCUT2D eigenvalue weighted by atomic mass is 10.1. The number of nitrogens with one attached hydrogen (secondary N) is 1. The first-order valence-corrected chi connectivity index (χ1v) is 6.06. The Morgan fingerprint density at radius 3 is 3.12 bits per heavy atom. The van der Waals surface area contributed by atoms with Crippen LogP contribution in [0, 0.1) is 0 Å². The zero-order valence-electron chi connectivity index (χ0n) is 9.32. The van der Waals surface area contributed by atoms with E-state index in [-0.39, 0.29) is 0 Å².